The van der Waals surface area contributed by atoms with Gasteiger partial charge in [0.1, 0.15) is 5.54 Å². The lowest BCUT2D eigenvalue weighted by molar-refractivity contribution is -0.162. The highest BCUT2D eigenvalue weighted by Crippen LogP contribution is 2.38. The van der Waals surface area contributed by atoms with Crippen molar-refractivity contribution in [2.45, 2.75) is 37.5 Å². The fraction of sp³-hybridized carbons (Fsp3) is 0.240. The van der Waals surface area contributed by atoms with Gasteiger partial charge in [0.15, 0.2) is 11.7 Å². The first-order valence-corrected chi connectivity index (χ1v) is 11.7. The summed E-state index contributed by atoms with van der Waals surface area (Å²) in [7, 11) is 0. The predicted molar refractivity (Wildman–Crippen MR) is 140 cm³/mol. The van der Waals surface area contributed by atoms with Gasteiger partial charge in [-0.05, 0) is 43.7 Å². The molecule has 2 aromatic carbocycles. The number of urea groups is 1. The molecule has 0 aromatic heterocycles. The topological polar surface area (TPSA) is 252 Å². The van der Waals surface area contributed by atoms with E-state index in [1.807, 2.05) is 0 Å². The Labute approximate surface area is 227 Å². The van der Waals surface area contributed by atoms with Crippen molar-refractivity contribution in [3.63, 3.8) is 0 Å². The second-order valence-corrected chi connectivity index (χ2v) is 9.03. The van der Waals surface area contributed by atoms with Crippen LogP contribution in [-0.4, -0.2) is 68.3 Å². The first-order valence-electron chi connectivity index (χ1n) is 11.7. The molecule has 40 heavy (non-hydrogen) atoms. The number of carbonyl (C=O) groups is 6. The number of benzene rings is 2. The van der Waals surface area contributed by atoms with Crippen LogP contribution >= 0.6 is 0 Å². The number of nitrogens with two attached hydrogens (primary N) is 3. The lowest BCUT2D eigenvalue weighted by Gasteiger charge is -2.43. The van der Waals surface area contributed by atoms with Crippen molar-refractivity contribution in [2.75, 3.05) is 4.90 Å². The van der Waals surface area contributed by atoms with Crippen LogP contribution < -0.4 is 27.4 Å². The van der Waals surface area contributed by atoms with Gasteiger partial charge in [0, 0.05) is 5.69 Å². The van der Waals surface area contributed by atoms with Crippen LogP contribution in [0.15, 0.2) is 59.6 Å². The number of Topliss-reactive ketones (excluding diaryl/α,β-unsaturated/α-hetero) is 1. The van der Waals surface area contributed by atoms with Crippen LogP contribution in [0.2, 0.25) is 0 Å². The highest BCUT2D eigenvalue weighted by molar-refractivity contribution is 6.24. The number of aliphatic imine (C=N–C) groups is 1. The molecule has 15 heteroatoms. The van der Waals surface area contributed by atoms with Gasteiger partial charge in [-0.15, -0.1) is 0 Å². The van der Waals surface area contributed by atoms with Crippen molar-refractivity contribution in [1.29, 1.82) is 0 Å². The van der Waals surface area contributed by atoms with Crippen molar-refractivity contribution in [1.82, 2.24) is 10.2 Å². The molecule has 2 aromatic rings. The lowest BCUT2D eigenvalue weighted by atomic mass is 9.90. The van der Waals surface area contributed by atoms with E-state index < -0.39 is 59.2 Å². The molecular weight excluding hydrogens is 526 g/mol. The molecule has 15 nitrogen and oxygen atoms in total. The standard InChI is InChI=1S/C25H27N7O8/c1-13(33)25(21(38)39,31(16-6-4-3-5-7-16)19(36)17(26)12-18(34)35)32-20(37)24(2,30-23(32)40)14-8-10-15(11-9-14)29-22(27)28/h3-11,17H,12,26H2,1-2H3,(H,30,40)(H,34,35)(H,38,39)(H4,27,28,29)/t17-,24+,25-/m0/s1. The molecule has 0 unspecified atom stereocenters. The van der Waals surface area contributed by atoms with Crippen molar-refractivity contribution < 1.29 is 39.0 Å². The van der Waals surface area contributed by atoms with Gasteiger partial charge in [-0.1, -0.05) is 30.3 Å². The summed E-state index contributed by atoms with van der Waals surface area (Å²) in [6.45, 7) is 2.06. The number of imide groups is 1. The van der Waals surface area contributed by atoms with Crippen LogP contribution in [-0.2, 0) is 29.5 Å². The van der Waals surface area contributed by atoms with Crippen LogP contribution in [0.3, 0.4) is 0 Å². The normalized spacial score (nSPS) is 18.7. The number of guanidine groups is 1. The zero-order valence-electron chi connectivity index (χ0n) is 21.4. The predicted octanol–water partition coefficient (Wildman–Crippen LogP) is -0.436. The first-order chi connectivity index (χ1) is 18.7. The number of amides is 4. The van der Waals surface area contributed by atoms with Gasteiger partial charge in [0.25, 0.3) is 11.6 Å². The van der Waals surface area contributed by atoms with Gasteiger partial charge in [0.2, 0.25) is 5.91 Å². The van der Waals surface area contributed by atoms with Crippen LogP contribution in [0.4, 0.5) is 16.2 Å². The maximum atomic E-state index is 14.0. The number of hydrogen-bond acceptors (Lipinski definition) is 8. The number of para-hydroxylation sites is 1. The van der Waals surface area contributed by atoms with E-state index in [0.717, 1.165) is 6.92 Å². The minimum Gasteiger partial charge on any atom is -0.481 e. The maximum absolute atomic E-state index is 14.0. The average Bonchev–Trinajstić information content (AvgIpc) is 3.10. The third-order valence-corrected chi connectivity index (χ3v) is 6.28. The van der Waals surface area contributed by atoms with E-state index >= 15 is 0 Å². The van der Waals surface area contributed by atoms with Crippen LogP contribution in [0.5, 0.6) is 0 Å². The number of ketones is 1. The van der Waals surface area contributed by atoms with E-state index in [1.54, 1.807) is 0 Å². The number of nitrogens with zero attached hydrogens (tertiary/aromatic N) is 3. The molecule has 0 saturated carbocycles. The van der Waals surface area contributed by atoms with Crippen molar-refractivity contribution in [3.8, 4) is 0 Å². The molecule has 9 N–H and O–H groups in total. The van der Waals surface area contributed by atoms with E-state index in [2.05, 4.69) is 10.3 Å². The summed E-state index contributed by atoms with van der Waals surface area (Å²) >= 11 is 0. The number of carboxylic acid groups (broad SMARTS) is 2. The SMILES string of the molecule is CC(=O)[C@@](C(=O)O)(N1C(=O)N[C@](C)(c2ccc(N=C(N)N)cc2)C1=O)N(C(=O)[C@@H](N)CC(=O)O)c1ccccc1. The van der Waals surface area contributed by atoms with E-state index in [1.165, 1.54) is 61.5 Å². The average molecular weight is 554 g/mol. The molecule has 1 aliphatic heterocycles. The molecule has 3 rings (SSSR count). The third kappa shape index (κ3) is 4.92. The van der Waals surface area contributed by atoms with Gasteiger partial charge in [-0.2, -0.15) is 0 Å². The molecule has 1 fully saturated rings. The number of hydrogen-bond donors (Lipinski definition) is 6. The second-order valence-electron chi connectivity index (χ2n) is 9.03. The van der Waals surface area contributed by atoms with Gasteiger partial charge in [0.05, 0.1) is 18.2 Å². The lowest BCUT2D eigenvalue weighted by Crippen LogP contribution is -2.74. The van der Waals surface area contributed by atoms with E-state index in [-0.39, 0.29) is 22.1 Å². The van der Waals surface area contributed by atoms with Gasteiger partial charge in [-0.25, -0.2) is 19.5 Å². The summed E-state index contributed by atoms with van der Waals surface area (Å²) < 4.78 is 0. The molecule has 0 aliphatic carbocycles. The number of rotatable bonds is 10. The van der Waals surface area contributed by atoms with Crippen molar-refractivity contribution >= 4 is 52.9 Å². The van der Waals surface area contributed by atoms with Crippen molar-refractivity contribution in [2.24, 2.45) is 22.2 Å². The molecule has 1 saturated heterocycles. The molecular formula is C25H27N7O8. The zero-order valence-corrected chi connectivity index (χ0v) is 21.4. The van der Waals surface area contributed by atoms with E-state index in [4.69, 9.17) is 17.2 Å². The number of anilines is 1. The zero-order chi connectivity index (χ0) is 30.0. The number of carboxylic acids is 2. The van der Waals surface area contributed by atoms with E-state index in [0.29, 0.717) is 10.6 Å². The van der Waals surface area contributed by atoms with Gasteiger partial charge >= 0.3 is 18.0 Å². The van der Waals surface area contributed by atoms with Gasteiger partial charge < -0.3 is 32.7 Å². The summed E-state index contributed by atoms with van der Waals surface area (Å²) in [4.78, 5) is 82.9. The molecule has 3 atom stereocenters. The van der Waals surface area contributed by atoms with Crippen LogP contribution in [0.25, 0.3) is 0 Å². The third-order valence-electron chi connectivity index (χ3n) is 6.28. The summed E-state index contributed by atoms with van der Waals surface area (Å²) in [5, 5.41) is 22.1. The van der Waals surface area contributed by atoms with Crippen molar-refractivity contribution in [3.05, 3.63) is 60.2 Å². The molecule has 0 bridgehead atoms. The molecule has 0 spiro atoms. The quantitative estimate of drug-likeness (QED) is 0.0952. The molecule has 0 radical (unpaired) electrons. The fourth-order valence-corrected chi connectivity index (χ4v) is 4.40. The monoisotopic (exact) mass is 553 g/mol. The minimum absolute atomic E-state index is 0.139. The summed E-state index contributed by atoms with van der Waals surface area (Å²) in [6, 6.07) is 9.34. The van der Waals surface area contributed by atoms with Gasteiger partial charge in [-0.3, -0.25) is 24.1 Å². The molecule has 1 heterocycles. The molecule has 1 aliphatic rings. The first kappa shape index (κ1) is 29.2. The highest BCUT2D eigenvalue weighted by atomic mass is 16.4. The second kappa shape index (κ2) is 10.8. The molecule has 210 valence electrons. The smallest absolute Gasteiger partial charge is 0.360 e. The van der Waals surface area contributed by atoms with E-state index in [9.17, 15) is 39.0 Å². The number of aliphatic carboxylic acids is 2. The summed E-state index contributed by atoms with van der Waals surface area (Å²) in [6.07, 6.45) is -0.935. The fourth-order valence-electron chi connectivity index (χ4n) is 4.40. The Hall–Kier alpha value is -5.31. The Kier molecular flexibility index (Phi) is 7.91. The van der Waals surface area contributed by atoms with Crippen LogP contribution in [0, 0.1) is 0 Å². The van der Waals surface area contributed by atoms with Crippen LogP contribution in [0.1, 0.15) is 25.8 Å². The Morgan fingerprint density at radius 1 is 1.05 bits per heavy atom. The minimum atomic E-state index is -3.29. The molecule has 4 amide bonds. The summed E-state index contributed by atoms with van der Waals surface area (Å²) in [5.74, 6) is -7.60. The Morgan fingerprint density at radius 2 is 1.62 bits per heavy atom. The number of carbonyl (C=O) groups excluding carboxylic acids is 4. The Bertz CT molecular complexity index is 1390. The Balaban J connectivity index is 2.25. The Morgan fingerprint density at radius 3 is 2.10 bits per heavy atom. The maximum Gasteiger partial charge on any atom is 0.360 e. The number of nitrogens with one attached hydrogen (secondary N) is 1. The largest absolute Gasteiger partial charge is 0.481 e. The summed E-state index contributed by atoms with van der Waals surface area (Å²) in [5.41, 5.74) is 11.6. The highest BCUT2D eigenvalue weighted by Gasteiger charge is 2.66.